The number of carbonyl (C=O) groups is 7. The van der Waals surface area contributed by atoms with Crippen molar-refractivity contribution in [2.24, 2.45) is 5.73 Å². The SMILES string of the molecule is CCC.[B]NC(CC(N)=O)C(=O)N1CCCC1C(=O)NCC(=O)Nc1ccc(COC(=O)N(C)CCN(C)C(=O)N(c2ccc(N3CCOCC3)cc2)c2nccc(-c3ccc(C(=O)NCC#N)cc3)n2)cc1.[Y]. The molecule has 6 rings (SSSR count). The molecule has 3 heterocycles. The van der Waals surface area contributed by atoms with Gasteiger partial charge in [-0.25, -0.2) is 24.5 Å². The van der Waals surface area contributed by atoms with Crippen LogP contribution in [0.4, 0.5) is 32.6 Å². The number of ether oxygens (including phenoxy) is 2. The van der Waals surface area contributed by atoms with Crippen molar-refractivity contribution in [3.05, 3.63) is 96.2 Å². The molecule has 8 amide bonds. The van der Waals surface area contributed by atoms with Gasteiger partial charge < -0.3 is 56.0 Å². The molecule has 74 heavy (non-hydrogen) atoms. The number of nitriles is 1. The van der Waals surface area contributed by atoms with Gasteiger partial charge in [0.2, 0.25) is 29.6 Å². The fourth-order valence-electron chi connectivity index (χ4n) is 7.59. The number of hydrogen-bond acceptors (Lipinski definition) is 14. The summed E-state index contributed by atoms with van der Waals surface area (Å²) in [6, 6.07) is 21.9. The Kier molecular flexibility index (Phi) is 24.4. The normalized spacial score (nSPS) is 14.1. The maximum absolute atomic E-state index is 14.4. The molecule has 2 saturated heterocycles. The molecule has 0 bridgehead atoms. The number of primary amides is 1. The molecule has 22 nitrogen and oxygen atoms in total. The molecule has 2 fully saturated rings. The number of amides is 8. The molecule has 24 heteroatoms. The molecule has 387 valence electrons. The Hall–Kier alpha value is -6.99. The third-order valence-corrected chi connectivity index (χ3v) is 11.5. The van der Waals surface area contributed by atoms with E-state index in [-0.39, 0.29) is 90.3 Å². The molecule has 2 atom stereocenters. The predicted molar refractivity (Wildman–Crippen MR) is 273 cm³/mol. The second kappa shape index (κ2) is 30.3. The van der Waals surface area contributed by atoms with Crippen LogP contribution < -0.4 is 36.7 Å². The first-order valence-electron chi connectivity index (χ1n) is 23.8. The van der Waals surface area contributed by atoms with Crippen LogP contribution >= 0.6 is 0 Å². The number of likely N-dealkylation sites (N-methyl/N-ethyl adjacent to an activating group) is 2. The Balaban J connectivity index is 0.00000289. The van der Waals surface area contributed by atoms with Crippen molar-refractivity contribution < 1.29 is 75.7 Å². The zero-order chi connectivity index (χ0) is 52.9. The van der Waals surface area contributed by atoms with E-state index >= 15 is 0 Å². The number of urea groups is 1. The summed E-state index contributed by atoms with van der Waals surface area (Å²) in [7, 11) is 8.58. The molecule has 0 aliphatic carbocycles. The Morgan fingerprint density at radius 3 is 2.20 bits per heavy atom. The van der Waals surface area contributed by atoms with E-state index in [2.05, 4.69) is 44.9 Å². The molecule has 4 aromatic rings. The van der Waals surface area contributed by atoms with Gasteiger partial charge in [0.15, 0.2) is 7.98 Å². The van der Waals surface area contributed by atoms with Crippen molar-refractivity contribution in [1.82, 2.24) is 40.5 Å². The summed E-state index contributed by atoms with van der Waals surface area (Å²) < 4.78 is 11.0. The summed E-state index contributed by atoms with van der Waals surface area (Å²) in [4.78, 5) is 107. The van der Waals surface area contributed by atoms with Crippen molar-refractivity contribution in [2.45, 2.75) is 58.2 Å². The van der Waals surface area contributed by atoms with E-state index in [1.165, 1.54) is 32.2 Å². The van der Waals surface area contributed by atoms with E-state index < -0.39 is 47.8 Å². The molecule has 6 N–H and O–H groups in total. The third-order valence-electron chi connectivity index (χ3n) is 11.5. The van der Waals surface area contributed by atoms with Crippen LogP contribution in [0.3, 0.4) is 0 Å². The fourth-order valence-corrected chi connectivity index (χ4v) is 7.59. The van der Waals surface area contributed by atoms with Crippen LogP contribution in [0.5, 0.6) is 0 Å². The monoisotopic (exact) mass is 1090 g/mol. The summed E-state index contributed by atoms with van der Waals surface area (Å²) in [5.74, 6) is -2.60. The van der Waals surface area contributed by atoms with E-state index in [1.54, 1.807) is 68.7 Å². The molecular weight excluding hydrogens is 1030 g/mol. The van der Waals surface area contributed by atoms with Crippen LogP contribution in [-0.2, 0) is 68.0 Å². The van der Waals surface area contributed by atoms with Crippen molar-refractivity contribution in [3.63, 3.8) is 0 Å². The van der Waals surface area contributed by atoms with Gasteiger partial charge in [0.05, 0.1) is 43.3 Å². The van der Waals surface area contributed by atoms with Gasteiger partial charge in [-0.3, -0.25) is 24.0 Å². The maximum Gasteiger partial charge on any atom is 0.409 e. The quantitative estimate of drug-likeness (QED) is 0.0667. The van der Waals surface area contributed by atoms with E-state index in [4.69, 9.17) is 33.4 Å². The molecule has 0 spiro atoms. The smallest absolute Gasteiger partial charge is 0.409 e. The third kappa shape index (κ3) is 17.3. The topological polar surface area (TPSA) is 278 Å². The van der Waals surface area contributed by atoms with Gasteiger partial charge in [0.25, 0.3) is 5.91 Å². The van der Waals surface area contributed by atoms with E-state index in [0.29, 0.717) is 59.8 Å². The Bertz CT molecular complexity index is 2570. The zero-order valence-corrected chi connectivity index (χ0v) is 45.0. The molecule has 2 unspecified atom stereocenters. The van der Waals surface area contributed by atoms with E-state index in [9.17, 15) is 33.6 Å². The number of likely N-dealkylation sites (tertiary alicyclic amines) is 1. The number of carbonyl (C=O) groups excluding carboxylic acids is 7. The first-order valence-corrected chi connectivity index (χ1v) is 23.8. The van der Waals surface area contributed by atoms with Gasteiger partial charge in [-0.05, 0) is 73.0 Å². The van der Waals surface area contributed by atoms with Gasteiger partial charge in [-0.15, -0.1) is 0 Å². The molecule has 3 aromatic carbocycles. The summed E-state index contributed by atoms with van der Waals surface area (Å²) in [5, 5.41) is 18.8. The molecular formula is C50H62BN13O9Y. The number of nitrogens with zero attached hydrogens (tertiary/aromatic N) is 8. The number of anilines is 4. The fraction of sp³-hybridized carbons (Fsp3) is 0.400. The van der Waals surface area contributed by atoms with Crippen molar-refractivity contribution in [3.8, 4) is 17.3 Å². The minimum atomic E-state index is -1.08. The first-order chi connectivity index (χ1) is 35.2. The van der Waals surface area contributed by atoms with Crippen LogP contribution in [0, 0.1) is 11.3 Å². The summed E-state index contributed by atoms with van der Waals surface area (Å²) in [5.41, 5.74) is 9.25. The van der Waals surface area contributed by atoms with Crippen LogP contribution in [0.1, 0.15) is 55.5 Å². The van der Waals surface area contributed by atoms with Crippen LogP contribution in [-0.4, -0.2) is 160 Å². The molecule has 0 saturated carbocycles. The van der Waals surface area contributed by atoms with Gasteiger partial charge in [0, 0.05) is 115 Å². The molecule has 2 aliphatic heterocycles. The van der Waals surface area contributed by atoms with E-state index in [0.717, 1.165) is 18.8 Å². The second-order valence-electron chi connectivity index (χ2n) is 17.0. The van der Waals surface area contributed by atoms with Crippen LogP contribution in [0.2, 0.25) is 0 Å². The van der Waals surface area contributed by atoms with Gasteiger partial charge >= 0.3 is 12.1 Å². The summed E-state index contributed by atoms with van der Waals surface area (Å²) in [6.45, 7) is 6.86. The number of nitrogens with two attached hydrogens (primary N) is 1. The first kappa shape index (κ1) is 59.6. The summed E-state index contributed by atoms with van der Waals surface area (Å²) >= 11 is 0. The minimum absolute atomic E-state index is 0. The molecule has 2 aliphatic rings. The zero-order valence-electron chi connectivity index (χ0n) is 42.1. The number of benzene rings is 3. The number of rotatable bonds is 19. The number of hydrogen-bond donors (Lipinski definition) is 5. The van der Waals surface area contributed by atoms with Crippen LogP contribution in [0.25, 0.3) is 11.3 Å². The average molecular weight is 1090 g/mol. The average Bonchev–Trinajstić information content (AvgIpc) is 3.91. The summed E-state index contributed by atoms with van der Waals surface area (Å²) in [6.07, 6.45) is 2.74. The van der Waals surface area contributed by atoms with E-state index in [1.807, 2.05) is 30.3 Å². The minimum Gasteiger partial charge on any atom is -0.445 e. The number of nitrogens with one attached hydrogen (secondary N) is 4. The Morgan fingerprint density at radius 1 is 0.905 bits per heavy atom. The standard InChI is InChI=1S/C47H54BN13O9.C3H8.Y/c1-57(22-23-58(2)47(68)70-30-31-5-11-34(12-6-31)54-41(63)29-53-43(65)39-4-3-21-60(39)44(66)38(56-48)28-40(50)62)46(67)61(36-15-13-35(14-16-36)59-24-26-69-27-25-59)45-52-19-17-37(55-45)32-7-9-33(10-8-32)42(64)51-20-18-49;1-3-2;/h5-17,19,38-39,56H,3-4,20-30H2,1-2H3,(H2,50,62)(H,51,64)(H,53,65)(H,54,63);3H2,1-2H3;. The maximum atomic E-state index is 14.4. The Morgan fingerprint density at radius 2 is 1.57 bits per heavy atom. The van der Waals surface area contributed by atoms with Crippen molar-refractivity contribution in [2.75, 3.05) is 88.2 Å². The van der Waals surface area contributed by atoms with Crippen molar-refractivity contribution >= 4 is 72.7 Å². The molecule has 3 radical (unpaired) electrons. The predicted octanol–water partition coefficient (Wildman–Crippen LogP) is 3.07. The van der Waals surface area contributed by atoms with Crippen molar-refractivity contribution in [1.29, 1.82) is 5.26 Å². The Labute approximate surface area is 457 Å². The molecule has 1 aromatic heterocycles. The number of morpholine rings is 1. The second-order valence-corrected chi connectivity index (χ2v) is 17.0. The van der Waals surface area contributed by atoms with Gasteiger partial charge in [-0.2, -0.15) is 5.26 Å². The largest absolute Gasteiger partial charge is 0.445 e. The van der Waals surface area contributed by atoms with Crippen LogP contribution in [0.15, 0.2) is 85.1 Å². The van der Waals surface area contributed by atoms with Gasteiger partial charge in [0.1, 0.15) is 19.2 Å². The number of aromatic nitrogens is 2. The van der Waals surface area contributed by atoms with Gasteiger partial charge in [-0.1, -0.05) is 44.5 Å².